The summed E-state index contributed by atoms with van der Waals surface area (Å²) in [5.41, 5.74) is 1.52. The highest BCUT2D eigenvalue weighted by Crippen LogP contribution is 2.34. The van der Waals surface area contributed by atoms with E-state index in [0.717, 1.165) is 11.1 Å². The van der Waals surface area contributed by atoms with Crippen LogP contribution in [0.4, 0.5) is 9.18 Å². The third kappa shape index (κ3) is 7.26. The number of hydrogen-bond acceptors (Lipinski definition) is 8. The van der Waals surface area contributed by atoms with Crippen molar-refractivity contribution in [3.8, 4) is 11.5 Å². The van der Waals surface area contributed by atoms with Gasteiger partial charge < -0.3 is 18.9 Å². The Bertz CT molecular complexity index is 1090. The summed E-state index contributed by atoms with van der Waals surface area (Å²) in [6.07, 6.45) is -0.410. The van der Waals surface area contributed by atoms with E-state index in [1.54, 1.807) is 26.8 Å². The molecule has 1 aromatic carbocycles. The van der Waals surface area contributed by atoms with Crippen LogP contribution in [0.2, 0.25) is 0 Å². The molecule has 0 unspecified atom stereocenters. The number of Topliss-reactive ketones (excluding diaryl/α,β-unsaturated/α-hetero) is 1. The topological polar surface area (TPSA) is 101 Å². The number of carbonyl (C=O) groups excluding carboxylic acids is 3. The Balaban J connectivity index is 2.17. The number of benzene rings is 1. The van der Waals surface area contributed by atoms with Crippen molar-refractivity contribution in [2.24, 2.45) is 11.8 Å². The van der Waals surface area contributed by atoms with Crippen molar-refractivity contribution in [3.63, 3.8) is 0 Å². The van der Waals surface area contributed by atoms with Gasteiger partial charge in [-0.25, -0.2) is 14.2 Å². The molecule has 0 radical (unpaired) electrons. The Morgan fingerprint density at radius 1 is 1.08 bits per heavy atom. The smallest absolute Gasteiger partial charge is 0.493 e. The van der Waals surface area contributed by atoms with Crippen molar-refractivity contribution in [1.29, 1.82) is 0 Å². The molecular weight excluding hydrogens is 469 g/mol. The lowest BCUT2D eigenvalue weighted by molar-refractivity contribution is -0.154. The fraction of sp³-hybridized carbons (Fsp3) is 0.481. The molecule has 2 rings (SSSR count). The van der Waals surface area contributed by atoms with Gasteiger partial charge in [0.2, 0.25) is 5.75 Å². The summed E-state index contributed by atoms with van der Waals surface area (Å²) in [7, 11) is 1.36. The number of esters is 1. The summed E-state index contributed by atoms with van der Waals surface area (Å²) in [5, 5.41) is 0. The zero-order chi connectivity index (χ0) is 27.0. The molecule has 9 heteroatoms. The number of aromatic nitrogens is 1. The largest absolute Gasteiger partial charge is 0.514 e. The first-order chi connectivity index (χ1) is 17.0. The van der Waals surface area contributed by atoms with Crippen molar-refractivity contribution in [2.75, 3.05) is 13.7 Å². The van der Waals surface area contributed by atoms with E-state index in [0.29, 0.717) is 0 Å². The number of rotatable bonds is 11. The van der Waals surface area contributed by atoms with Gasteiger partial charge >= 0.3 is 12.1 Å². The molecule has 0 fully saturated rings. The second-order valence-corrected chi connectivity index (χ2v) is 8.92. The molecule has 0 saturated heterocycles. The van der Waals surface area contributed by atoms with Crippen LogP contribution in [0.25, 0.3) is 0 Å². The number of hydrogen-bond donors (Lipinski definition) is 0. The first-order valence-corrected chi connectivity index (χ1v) is 11.9. The van der Waals surface area contributed by atoms with Crippen molar-refractivity contribution >= 4 is 17.9 Å². The number of carbonyl (C=O) groups is 3. The standard InChI is InChI=1S/C27H34FNO7/c1-8-34-27(32)36-25-22(33-7)11-12-29-24(25)21(30)14-17(5)26(31)35-18(6)23(15(2)3)20-10-9-19(28)13-16(20)4/h9-13,15,17-18,23H,8,14H2,1-7H3/t17-,18+,23-/m1/s1. The van der Waals surface area contributed by atoms with E-state index in [1.165, 1.54) is 31.5 Å². The first kappa shape index (κ1) is 28.7. The van der Waals surface area contributed by atoms with Crippen molar-refractivity contribution in [2.45, 2.75) is 60.0 Å². The summed E-state index contributed by atoms with van der Waals surface area (Å²) in [6, 6.07) is 6.00. The summed E-state index contributed by atoms with van der Waals surface area (Å²) in [5.74, 6) is -2.32. The van der Waals surface area contributed by atoms with Gasteiger partial charge in [0.15, 0.2) is 17.2 Å². The zero-order valence-corrected chi connectivity index (χ0v) is 21.8. The molecule has 0 aliphatic rings. The molecule has 0 spiro atoms. The lowest BCUT2D eigenvalue weighted by Gasteiger charge is -2.30. The molecule has 36 heavy (non-hydrogen) atoms. The Hall–Kier alpha value is -3.49. The number of halogens is 1. The van der Waals surface area contributed by atoms with E-state index in [-0.39, 0.29) is 47.9 Å². The van der Waals surface area contributed by atoms with E-state index >= 15 is 0 Å². The molecule has 1 aromatic heterocycles. The highest BCUT2D eigenvalue weighted by molar-refractivity contribution is 5.99. The van der Waals surface area contributed by atoms with Gasteiger partial charge in [-0.05, 0) is 49.9 Å². The minimum Gasteiger partial charge on any atom is -0.493 e. The second kappa shape index (κ2) is 13.0. The average Bonchev–Trinajstić information content (AvgIpc) is 2.80. The number of aryl methyl sites for hydroxylation is 1. The van der Waals surface area contributed by atoms with Crippen LogP contribution in [-0.2, 0) is 14.3 Å². The first-order valence-electron chi connectivity index (χ1n) is 11.9. The number of ketones is 1. The highest BCUT2D eigenvalue weighted by Gasteiger charge is 2.31. The van der Waals surface area contributed by atoms with Gasteiger partial charge in [0.25, 0.3) is 0 Å². The summed E-state index contributed by atoms with van der Waals surface area (Å²) < 4.78 is 34.5. The van der Waals surface area contributed by atoms with Gasteiger partial charge in [-0.15, -0.1) is 0 Å². The number of nitrogens with zero attached hydrogens (tertiary/aromatic N) is 1. The molecule has 2 aromatic rings. The van der Waals surface area contributed by atoms with E-state index in [2.05, 4.69) is 4.98 Å². The van der Waals surface area contributed by atoms with Crippen molar-refractivity contribution in [3.05, 3.63) is 53.1 Å². The van der Waals surface area contributed by atoms with E-state index < -0.39 is 29.9 Å². The highest BCUT2D eigenvalue weighted by atomic mass is 19.1. The van der Waals surface area contributed by atoms with Gasteiger partial charge in [-0.3, -0.25) is 9.59 Å². The van der Waals surface area contributed by atoms with Gasteiger partial charge in [0.05, 0.1) is 19.6 Å². The molecule has 0 aliphatic heterocycles. The normalized spacial score (nSPS) is 13.5. The van der Waals surface area contributed by atoms with Gasteiger partial charge in [0, 0.05) is 24.6 Å². The van der Waals surface area contributed by atoms with Gasteiger partial charge in [0.1, 0.15) is 11.9 Å². The Kier molecular flexibility index (Phi) is 10.4. The molecule has 8 nitrogen and oxygen atoms in total. The van der Waals surface area contributed by atoms with Crippen LogP contribution in [0.3, 0.4) is 0 Å². The Labute approximate surface area is 211 Å². The van der Waals surface area contributed by atoms with Crippen LogP contribution < -0.4 is 9.47 Å². The van der Waals surface area contributed by atoms with E-state index in [9.17, 15) is 18.8 Å². The molecule has 196 valence electrons. The van der Waals surface area contributed by atoms with Crippen LogP contribution in [-0.4, -0.2) is 42.7 Å². The average molecular weight is 504 g/mol. The van der Waals surface area contributed by atoms with Crippen LogP contribution >= 0.6 is 0 Å². The second-order valence-electron chi connectivity index (χ2n) is 8.92. The Morgan fingerprint density at radius 2 is 1.78 bits per heavy atom. The maximum Gasteiger partial charge on any atom is 0.514 e. The van der Waals surface area contributed by atoms with E-state index in [1.807, 2.05) is 20.8 Å². The van der Waals surface area contributed by atoms with Crippen molar-refractivity contribution < 1.29 is 37.7 Å². The molecule has 1 heterocycles. The van der Waals surface area contributed by atoms with Crippen LogP contribution in [0, 0.1) is 24.6 Å². The Morgan fingerprint density at radius 3 is 2.36 bits per heavy atom. The quantitative estimate of drug-likeness (QED) is 0.286. The molecule has 3 atom stereocenters. The SMILES string of the molecule is CCOC(=O)Oc1c(OC)ccnc1C(=O)C[C@@H](C)C(=O)O[C@@H](C)[C@H](c1ccc(F)cc1C)C(C)C. The van der Waals surface area contributed by atoms with Gasteiger partial charge in [-0.2, -0.15) is 0 Å². The summed E-state index contributed by atoms with van der Waals surface area (Å²) >= 11 is 0. The predicted octanol–water partition coefficient (Wildman–Crippen LogP) is 5.65. The monoisotopic (exact) mass is 503 g/mol. The minimum absolute atomic E-state index is 0.0839. The lowest BCUT2D eigenvalue weighted by atomic mass is 9.82. The number of pyridine rings is 1. The van der Waals surface area contributed by atoms with Crippen LogP contribution in [0.1, 0.15) is 68.6 Å². The molecule has 0 aliphatic carbocycles. The number of ether oxygens (including phenoxy) is 4. The fourth-order valence-corrected chi connectivity index (χ4v) is 4.12. The molecule has 0 amide bonds. The minimum atomic E-state index is -1.00. The van der Waals surface area contributed by atoms with Crippen LogP contribution in [0.5, 0.6) is 11.5 Å². The lowest BCUT2D eigenvalue weighted by Crippen LogP contribution is -2.30. The third-order valence-electron chi connectivity index (χ3n) is 5.81. The number of methoxy groups -OCH3 is 1. The summed E-state index contributed by atoms with van der Waals surface area (Å²) in [4.78, 5) is 41.8. The predicted molar refractivity (Wildman–Crippen MR) is 131 cm³/mol. The van der Waals surface area contributed by atoms with Crippen LogP contribution in [0.15, 0.2) is 30.5 Å². The van der Waals surface area contributed by atoms with Crippen molar-refractivity contribution in [1.82, 2.24) is 4.98 Å². The molecule has 0 saturated carbocycles. The fourth-order valence-electron chi connectivity index (χ4n) is 4.12. The zero-order valence-electron chi connectivity index (χ0n) is 21.8. The maximum atomic E-state index is 13.6. The molecular formula is C27H34FNO7. The summed E-state index contributed by atoms with van der Waals surface area (Å²) in [6.45, 7) is 10.9. The molecule has 0 bridgehead atoms. The van der Waals surface area contributed by atoms with E-state index in [4.69, 9.17) is 18.9 Å². The van der Waals surface area contributed by atoms with Gasteiger partial charge in [-0.1, -0.05) is 26.8 Å². The third-order valence-corrected chi connectivity index (χ3v) is 5.81. The molecule has 0 N–H and O–H groups in total. The maximum absolute atomic E-state index is 13.6.